The number of aliphatic hydroxyl groups excluding tert-OH is 1. The first-order valence-electron chi connectivity index (χ1n) is 9.16. The average molecular weight is 373 g/mol. The van der Waals surface area contributed by atoms with E-state index in [2.05, 4.69) is 10.6 Å². The Hall–Kier alpha value is -2.85. The van der Waals surface area contributed by atoms with Crippen molar-refractivity contribution in [2.75, 3.05) is 25.1 Å². The van der Waals surface area contributed by atoms with Crippen LogP contribution in [0.1, 0.15) is 49.4 Å². The van der Waals surface area contributed by atoms with Crippen LogP contribution in [-0.4, -0.2) is 36.7 Å². The maximum Gasteiger partial charge on any atom is 0.340 e. The molecule has 1 amide bonds. The van der Waals surface area contributed by atoms with Gasteiger partial charge in [-0.05, 0) is 37.8 Å². The molecule has 0 fully saturated rings. The second-order valence-electron chi connectivity index (χ2n) is 5.90. The van der Waals surface area contributed by atoms with Gasteiger partial charge in [0.05, 0.1) is 17.9 Å². The van der Waals surface area contributed by atoms with Gasteiger partial charge in [-0.3, -0.25) is 4.79 Å². The largest absolute Gasteiger partial charge is 0.462 e. The standard InChI is InChI=1S/C20H27N3O4/c1-2-3-13-27-20(26)17-9-5-6-10-18(17)23-19(25)16(14-21)15-22-11-7-4-8-12-24/h5-6,9-10,15,22,24H,2-4,7-8,11-13H2,1H3,(H,23,25)/b16-15-. The summed E-state index contributed by atoms with van der Waals surface area (Å²) < 4.78 is 5.19. The van der Waals surface area contributed by atoms with E-state index in [9.17, 15) is 14.9 Å². The first-order chi connectivity index (χ1) is 13.1. The number of carbonyl (C=O) groups excluding carboxylic acids is 2. The summed E-state index contributed by atoms with van der Waals surface area (Å²) in [6, 6.07) is 8.37. The number of benzene rings is 1. The van der Waals surface area contributed by atoms with Crippen LogP contribution in [0.4, 0.5) is 5.69 Å². The van der Waals surface area contributed by atoms with Gasteiger partial charge >= 0.3 is 5.97 Å². The molecule has 0 saturated carbocycles. The van der Waals surface area contributed by atoms with E-state index in [4.69, 9.17) is 9.84 Å². The fraction of sp³-hybridized carbons (Fsp3) is 0.450. The molecule has 1 aromatic carbocycles. The van der Waals surface area contributed by atoms with E-state index in [-0.39, 0.29) is 17.7 Å². The van der Waals surface area contributed by atoms with Crippen LogP contribution < -0.4 is 10.6 Å². The summed E-state index contributed by atoms with van der Waals surface area (Å²) >= 11 is 0. The van der Waals surface area contributed by atoms with Crippen molar-refractivity contribution in [2.45, 2.75) is 39.0 Å². The van der Waals surface area contributed by atoms with Crippen molar-refractivity contribution < 1.29 is 19.4 Å². The van der Waals surface area contributed by atoms with Gasteiger partial charge in [-0.1, -0.05) is 25.5 Å². The molecular weight excluding hydrogens is 346 g/mol. The zero-order valence-corrected chi connectivity index (χ0v) is 15.7. The van der Waals surface area contributed by atoms with Crippen LogP contribution in [0, 0.1) is 11.3 Å². The van der Waals surface area contributed by atoms with Crippen molar-refractivity contribution in [1.82, 2.24) is 5.32 Å². The van der Waals surface area contributed by atoms with Crippen molar-refractivity contribution in [3.8, 4) is 6.07 Å². The van der Waals surface area contributed by atoms with Gasteiger partial charge < -0.3 is 20.5 Å². The fourth-order valence-electron chi connectivity index (χ4n) is 2.19. The Labute approximate surface area is 160 Å². The van der Waals surface area contributed by atoms with E-state index in [1.807, 2.05) is 13.0 Å². The molecule has 0 aromatic heterocycles. The number of hydrogen-bond acceptors (Lipinski definition) is 6. The molecule has 0 bridgehead atoms. The minimum Gasteiger partial charge on any atom is -0.462 e. The molecular formula is C20H27N3O4. The normalized spacial score (nSPS) is 10.8. The Morgan fingerprint density at radius 3 is 2.70 bits per heavy atom. The van der Waals surface area contributed by atoms with Crippen LogP contribution in [-0.2, 0) is 9.53 Å². The summed E-state index contributed by atoms with van der Waals surface area (Å²) in [5.74, 6) is -1.11. The van der Waals surface area contributed by atoms with Crippen molar-refractivity contribution in [2.24, 2.45) is 0 Å². The lowest BCUT2D eigenvalue weighted by molar-refractivity contribution is -0.112. The molecule has 27 heavy (non-hydrogen) atoms. The Morgan fingerprint density at radius 2 is 2.00 bits per heavy atom. The lowest BCUT2D eigenvalue weighted by Gasteiger charge is -2.10. The second-order valence-corrected chi connectivity index (χ2v) is 5.90. The van der Waals surface area contributed by atoms with Gasteiger partial charge in [0.1, 0.15) is 11.6 Å². The number of amides is 1. The average Bonchev–Trinajstić information content (AvgIpc) is 2.68. The number of esters is 1. The highest BCUT2D eigenvalue weighted by Gasteiger charge is 2.16. The predicted octanol–water partition coefficient (Wildman–Crippen LogP) is 2.74. The summed E-state index contributed by atoms with van der Waals surface area (Å²) in [6.45, 7) is 3.07. The summed E-state index contributed by atoms with van der Waals surface area (Å²) in [4.78, 5) is 24.5. The number of para-hydroxylation sites is 1. The molecule has 0 radical (unpaired) electrons. The lowest BCUT2D eigenvalue weighted by Crippen LogP contribution is -2.19. The molecule has 3 N–H and O–H groups in total. The van der Waals surface area contributed by atoms with Gasteiger partial charge in [0.2, 0.25) is 0 Å². The Bertz CT molecular complexity index is 680. The smallest absolute Gasteiger partial charge is 0.340 e. The van der Waals surface area contributed by atoms with Crippen LogP contribution in [0.15, 0.2) is 36.0 Å². The molecule has 0 saturated heterocycles. The van der Waals surface area contributed by atoms with Crippen LogP contribution in [0.3, 0.4) is 0 Å². The van der Waals surface area contributed by atoms with E-state index in [1.165, 1.54) is 6.20 Å². The minimum atomic E-state index is -0.603. The number of nitrogens with zero attached hydrogens (tertiary/aromatic N) is 1. The SMILES string of the molecule is CCCCOC(=O)c1ccccc1NC(=O)/C(C#N)=C\NCCCCCO. The summed E-state index contributed by atoms with van der Waals surface area (Å²) in [5, 5.41) is 23.4. The minimum absolute atomic E-state index is 0.0914. The first kappa shape index (κ1) is 22.2. The highest BCUT2D eigenvalue weighted by Crippen LogP contribution is 2.17. The molecule has 7 heteroatoms. The zero-order valence-electron chi connectivity index (χ0n) is 15.7. The van der Waals surface area contributed by atoms with Gasteiger partial charge in [-0.2, -0.15) is 5.26 Å². The van der Waals surface area contributed by atoms with Gasteiger partial charge in [-0.25, -0.2) is 4.79 Å². The maximum atomic E-state index is 12.3. The van der Waals surface area contributed by atoms with Crippen molar-refractivity contribution >= 4 is 17.6 Å². The number of aliphatic hydroxyl groups is 1. The molecule has 7 nitrogen and oxygen atoms in total. The van der Waals surface area contributed by atoms with Crippen LogP contribution in [0.2, 0.25) is 0 Å². The molecule has 146 valence electrons. The van der Waals surface area contributed by atoms with Gasteiger partial charge in [-0.15, -0.1) is 0 Å². The number of nitriles is 1. The number of rotatable bonds is 12. The summed E-state index contributed by atoms with van der Waals surface area (Å²) in [6.07, 6.45) is 5.45. The van der Waals surface area contributed by atoms with E-state index < -0.39 is 11.9 Å². The fourth-order valence-corrected chi connectivity index (χ4v) is 2.19. The Balaban J connectivity index is 2.69. The van der Waals surface area contributed by atoms with Crippen molar-refractivity contribution in [3.63, 3.8) is 0 Å². The molecule has 0 aliphatic rings. The summed E-state index contributed by atoms with van der Waals surface area (Å²) in [5.41, 5.74) is 0.454. The van der Waals surface area contributed by atoms with Crippen LogP contribution in [0.5, 0.6) is 0 Å². The predicted molar refractivity (Wildman–Crippen MR) is 103 cm³/mol. The third-order valence-corrected chi connectivity index (χ3v) is 3.72. The number of hydrogen-bond donors (Lipinski definition) is 3. The second kappa shape index (κ2) is 13.4. The number of nitrogens with one attached hydrogen (secondary N) is 2. The summed E-state index contributed by atoms with van der Waals surface area (Å²) in [7, 11) is 0. The third kappa shape index (κ3) is 8.38. The van der Waals surface area contributed by atoms with E-state index >= 15 is 0 Å². The van der Waals surface area contributed by atoms with Gasteiger partial charge in [0.15, 0.2) is 0 Å². The molecule has 1 aromatic rings. The number of ether oxygens (including phenoxy) is 1. The Morgan fingerprint density at radius 1 is 1.22 bits per heavy atom. The molecule has 0 unspecified atom stereocenters. The maximum absolute atomic E-state index is 12.3. The number of anilines is 1. The number of unbranched alkanes of at least 4 members (excludes halogenated alkanes) is 3. The van der Waals surface area contributed by atoms with Gasteiger partial charge in [0.25, 0.3) is 5.91 Å². The molecule has 1 rings (SSSR count). The van der Waals surface area contributed by atoms with E-state index in [0.717, 1.165) is 32.1 Å². The molecule has 0 aliphatic heterocycles. The third-order valence-electron chi connectivity index (χ3n) is 3.72. The molecule has 0 aliphatic carbocycles. The van der Waals surface area contributed by atoms with Crippen LogP contribution in [0.25, 0.3) is 0 Å². The highest BCUT2D eigenvalue weighted by atomic mass is 16.5. The van der Waals surface area contributed by atoms with E-state index in [0.29, 0.717) is 18.8 Å². The highest BCUT2D eigenvalue weighted by molar-refractivity contribution is 6.09. The van der Waals surface area contributed by atoms with Crippen LogP contribution >= 0.6 is 0 Å². The topological polar surface area (TPSA) is 111 Å². The quantitative estimate of drug-likeness (QED) is 0.225. The van der Waals surface area contributed by atoms with Crippen molar-refractivity contribution in [1.29, 1.82) is 5.26 Å². The van der Waals surface area contributed by atoms with E-state index in [1.54, 1.807) is 24.3 Å². The van der Waals surface area contributed by atoms with Crippen molar-refractivity contribution in [3.05, 3.63) is 41.6 Å². The zero-order chi connectivity index (χ0) is 19.9. The Kier molecular flexibility index (Phi) is 11.0. The van der Waals surface area contributed by atoms with Gasteiger partial charge in [0, 0.05) is 19.4 Å². The molecule has 0 atom stereocenters. The number of carbonyl (C=O) groups is 2. The molecule has 0 spiro atoms. The monoisotopic (exact) mass is 373 g/mol. The first-order valence-corrected chi connectivity index (χ1v) is 9.16. The molecule has 0 heterocycles. The lowest BCUT2D eigenvalue weighted by atomic mass is 10.1.